The molecule has 2 heterocycles. The van der Waals surface area contributed by atoms with Crippen molar-refractivity contribution in [3.8, 4) is 6.07 Å². The number of anilines is 1. The Labute approximate surface area is 95.1 Å². The molecule has 1 fully saturated rings. The monoisotopic (exact) mass is 217 g/mol. The van der Waals surface area contributed by atoms with Gasteiger partial charge in [0.2, 0.25) is 0 Å². The fourth-order valence-corrected chi connectivity index (χ4v) is 2.16. The molecule has 84 valence electrons. The van der Waals surface area contributed by atoms with Crippen LogP contribution in [0, 0.1) is 17.2 Å². The standard InChI is InChI=1S/C12H15N3O/c13-8-11-7-12(1-4-14-11)15-5-2-10(9-15)3-6-16/h1,4,7,10,16H,2-3,5-6,9H2. The topological polar surface area (TPSA) is 60.2 Å². The van der Waals surface area contributed by atoms with Crippen LogP contribution in [0.25, 0.3) is 0 Å². The number of pyridine rings is 1. The van der Waals surface area contributed by atoms with Crippen molar-refractivity contribution in [1.82, 2.24) is 4.98 Å². The zero-order valence-corrected chi connectivity index (χ0v) is 9.13. The van der Waals surface area contributed by atoms with Crippen molar-refractivity contribution in [2.75, 3.05) is 24.6 Å². The van der Waals surface area contributed by atoms with Gasteiger partial charge in [0.15, 0.2) is 0 Å². The third kappa shape index (κ3) is 2.31. The molecule has 1 atom stereocenters. The molecule has 1 aliphatic rings. The second kappa shape index (κ2) is 4.95. The van der Waals surface area contributed by atoms with Crippen molar-refractivity contribution < 1.29 is 5.11 Å². The molecule has 2 rings (SSSR count). The summed E-state index contributed by atoms with van der Waals surface area (Å²) >= 11 is 0. The van der Waals surface area contributed by atoms with E-state index in [9.17, 15) is 0 Å². The summed E-state index contributed by atoms with van der Waals surface area (Å²) < 4.78 is 0. The lowest BCUT2D eigenvalue weighted by molar-refractivity contribution is 0.263. The number of aliphatic hydroxyl groups is 1. The van der Waals surface area contributed by atoms with E-state index < -0.39 is 0 Å². The number of nitriles is 1. The average molecular weight is 217 g/mol. The van der Waals surface area contributed by atoms with Gasteiger partial charge >= 0.3 is 0 Å². The number of hydrogen-bond donors (Lipinski definition) is 1. The van der Waals surface area contributed by atoms with Gasteiger partial charge in [-0.15, -0.1) is 0 Å². The number of aromatic nitrogens is 1. The Morgan fingerprint density at radius 3 is 3.25 bits per heavy atom. The van der Waals surface area contributed by atoms with Gasteiger partial charge in [0.25, 0.3) is 0 Å². The minimum atomic E-state index is 0.262. The van der Waals surface area contributed by atoms with Crippen LogP contribution in [-0.4, -0.2) is 29.8 Å². The average Bonchev–Trinajstić information content (AvgIpc) is 2.78. The summed E-state index contributed by atoms with van der Waals surface area (Å²) in [6.45, 7) is 2.23. The summed E-state index contributed by atoms with van der Waals surface area (Å²) in [5, 5.41) is 17.7. The van der Waals surface area contributed by atoms with Crippen LogP contribution in [0.5, 0.6) is 0 Å². The lowest BCUT2D eigenvalue weighted by atomic mass is 10.1. The molecule has 0 spiro atoms. The van der Waals surface area contributed by atoms with Crippen molar-refractivity contribution in [1.29, 1.82) is 5.26 Å². The summed E-state index contributed by atoms with van der Waals surface area (Å²) in [6, 6.07) is 5.80. The first-order chi connectivity index (χ1) is 7.83. The summed E-state index contributed by atoms with van der Waals surface area (Å²) in [7, 11) is 0. The second-order valence-corrected chi connectivity index (χ2v) is 4.12. The van der Waals surface area contributed by atoms with Crippen molar-refractivity contribution in [3.63, 3.8) is 0 Å². The van der Waals surface area contributed by atoms with Gasteiger partial charge in [-0.3, -0.25) is 0 Å². The molecule has 0 saturated carbocycles. The van der Waals surface area contributed by atoms with Crippen LogP contribution in [-0.2, 0) is 0 Å². The molecule has 1 aromatic heterocycles. The number of rotatable bonds is 3. The second-order valence-electron chi connectivity index (χ2n) is 4.12. The SMILES string of the molecule is N#Cc1cc(N2CCC(CCO)C2)ccn1. The van der Waals surface area contributed by atoms with Gasteiger partial charge < -0.3 is 10.0 Å². The van der Waals surface area contributed by atoms with E-state index in [0.717, 1.165) is 31.6 Å². The molecule has 1 N–H and O–H groups in total. The molecule has 1 aliphatic heterocycles. The normalized spacial score (nSPS) is 19.8. The van der Waals surface area contributed by atoms with Crippen molar-refractivity contribution in [2.45, 2.75) is 12.8 Å². The van der Waals surface area contributed by atoms with Gasteiger partial charge in [-0.25, -0.2) is 4.98 Å². The summed E-state index contributed by atoms with van der Waals surface area (Å²) in [4.78, 5) is 6.21. The van der Waals surface area contributed by atoms with Crippen molar-refractivity contribution >= 4 is 5.69 Å². The molecule has 16 heavy (non-hydrogen) atoms. The van der Waals surface area contributed by atoms with Crippen LogP contribution in [0.3, 0.4) is 0 Å². The van der Waals surface area contributed by atoms with Gasteiger partial charge in [0.1, 0.15) is 11.8 Å². The van der Waals surface area contributed by atoms with Gasteiger partial charge in [-0.05, 0) is 30.9 Å². The Balaban J connectivity index is 2.06. The van der Waals surface area contributed by atoms with E-state index in [1.54, 1.807) is 6.20 Å². The summed E-state index contributed by atoms with van der Waals surface area (Å²) in [5.41, 5.74) is 1.52. The molecule has 1 unspecified atom stereocenters. The quantitative estimate of drug-likeness (QED) is 0.825. The Kier molecular flexibility index (Phi) is 3.37. The smallest absolute Gasteiger partial charge is 0.142 e. The molecular weight excluding hydrogens is 202 g/mol. The Hall–Kier alpha value is -1.60. The van der Waals surface area contributed by atoms with Crippen LogP contribution in [0.1, 0.15) is 18.5 Å². The van der Waals surface area contributed by atoms with Crippen molar-refractivity contribution in [2.24, 2.45) is 5.92 Å². The summed E-state index contributed by atoms with van der Waals surface area (Å²) in [5.74, 6) is 0.573. The Bertz CT molecular complexity index is 399. The minimum Gasteiger partial charge on any atom is -0.396 e. The molecule has 1 aromatic rings. The third-order valence-electron chi connectivity index (χ3n) is 3.05. The molecule has 0 radical (unpaired) electrons. The van der Waals surface area contributed by atoms with Gasteiger partial charge in [-0.2, -0.15) is 5.26 Å². The fourth-order valence-electron chi connectivity index (χ4n) is 2.16. The predicted octanol–water partition coefficient (Wildman–Crippen LogP) is 1.16. The molecule has 0 aliphatic carbocycles. The molecule has 0 bridgehead atoms. The molecule has 4 nitrogen and oxygen atoms in total. The van der Waals surface area contributed by atoms with E-state index in [1.165, 1.54) is 0 Å². The molecule has 1 saturated heterocycles. The van der Waals surface area contributed by atoms with E-state index in [-0.39, 0.29) is 6.61 Å². The van der Waals surface area contributed by atoms with Crippen LogP contribution < -0.4 is 4.90 Å². The third-order valence-corrected chi connectivity index (χ3v) is 3.05. The molecule has 0 amide bonds. The van der Waals surface area contributed by atoms with Crippen LogP contribution >= 0.6 is 0 Å². The van der Waals surface area contributed by atoms with Gasteiger partial charge in [0, 0.05) is 31.6 Å². The van der Waals surface area contributed by atoms with E-state index >= 15 is 0 Å². The van der Waals surface area contributed by atoms with Gasteiger partial charge in [-0.1, -0.05) is 0 Å². The zero-order chi connectivity index (χ0) is 11.4. The molecule has 4 heteroatoms. The zero-order valence-electron chi connectivity index (χ0n) is 9.13. The first-order valence-electron chi connectivity index (χ1n) is 5.55. The maximum atomic E-state index is 8.89. The molecule has 0 aromatic carbocycles. The summed E-state index contributed by atoms with van der Waals surface area (Å²) in [6.07, 6.45) is 3.66. The highest BCUT2D eigenvalue weighted by molar-refractivity contribution is 5.49. The van der Waals surface area contributed by atoms with Crippen LogP contribution in [0.15, 0.2) is 18.3 Å². The lowest BCUT2D eigenvalue weighted by Gasteiger charge is -2.18. The molecular formula is C12H15N3O. The maximum Gasteiger partial charge on any atom is 0.142 e. The Morgan fingerprint density at radius 1 is 1.62 bits per heavy atom. The van der Waals surface area contributed by atoms with E-state index in [0.29, 0.717) is 11.6 Å². The predicted molar refractivity (Wildman–Crippen MR) is 61.0 cm³/mol. The van der Waals surface area contributed by atoms with Crippen molar-refractivity contribution in [3.05, 3.63) is 24.0 Å². The lowest BCUT2D eigenvalue weighted by Crippen LogP contribution is -2.20. The first kappa shape index (κ1) is 10.9. The number of hydrogen-bond acceptors (Lipinski definition) is 4. The van der Waals surface area contributed by atoms with Crippen LogP contribution in [0.2, 0.25) is 0 Å². The fraction of sp³-hybridized carbons (Fsp3) is 0.500. The Morgan fingerprint density at radius 2 is 2.50 bits per heavy atom. The van der Waals surface area contributed by atoms with Gasteiger partial charge in [0.05, 0.1) is 0 Å². The minimum absolute atomic E-state index is 0.262. The highest BCUT2D eigenvalue weighted by Gasteiger charge is 2.22. The largest absolute Gasteiger partial charge is 0.396 e. The van der Waals surface area contributed by atoms with E-state index in [2.05, 4.69) is 9.88 Å². The van der Waals surface area contributed by atoms with E-state index in [1.807, 2.05) is 18.2 Å². The van der Waals surface area contributed by atoms with E-state index in [4.69, 9.17) is 10.4 Å². The first-order valence-corrected chi connectivity index (χ1v) is 5.55. The highest BCUT2D eigenvalue weighted by atomic mass is 16.3. The van der Waals surface area contributed by atoms with Crippen LogP contribution in [0.4, 0.5) is 5.69 Å². The highest BCUT2D eigenvalue weighted by Crippen LogP contribution is 2.25. The maximum absolute atomic E-state index is 8.89. The number of aliphatic hydroxyl groups excluding tert-OH is 1. The number of nitrogens with zero attached hydrogens (tertiary/aromatic N) is 3.